The number of nitrogens with zero attached hydrogens (tertiary/aromatic N) is 2. The van der Waals surface area contributed by atoms with E-state index in [1.54, 1.807) is 13.2 Å². The van der Waals surface area contributed by atoms with Crippen molar-refractivity contribution in [1.82, 2.24) is 5.01 Å². The molecular weight excluding hydrogens is 407 g/mol. The SMILES string of the molecule is COc1ccc2c(c1)C1CC(c3ccccc3)=NN1C(c1ccc(Cl)cc1Cl)O2. The van der Waals surface area contributed by atoms with Gasteiger partial charge >= 0.3 is 0 Å². The van der Waals surface area contributed by atoms with Crippen LogP contribution in [0.1, 0.15) is 35.4 Å². The van der Waals surface area contributed by atoms with E-state index >= 15 is 0 Å². The Morgan fingerprint density at radius 1 is 1.00 bits per heavy atom. The molecular formula is C23H18Cl2N2O2. The summed E-state index contributed by atoms with van der Waals surface area (Å²) in [6.45, 7) is 0. The van der Waals surface area contributed by atoms with Crippen LogP contribution in [0.4, 0.5) is 0 Å². The molecule has 4 nitrogen and oxygen atoms in total. The molecule has 2 aliphatic heterocycles. The second-order valence-electron chi connectivity index (χ2n) is 7.05. The summed E-state index contributed by atoms with van der Waals surface area (Å²) in [5, 5.41) is 8.09. The Labute approximate surface area is 179 Å². The number of hydrazone groups is 1. The molecule has 0 radical (unpaired) electrons. The van der Waals surface area contributed by atoms with Crippen LogP contribution in [0, 0.1) is 0 Å². The van der Waals surface area contributed by atoms with Crippen LogP contribution in [-0.2, 0) is 0 Å². The van der Waals surface area contributed by atoms with Crippen LogP contribution in [0.15, 0.2) is 71.8 Å². The smallest absolute Gasteiger partial charge is 0.215 e. The molecule has 146 valence electrons. The molecule has 2 aliphatic rings. The number of halogens is 2. The molecule has 29 heavy (non-hydrogen) atoms. The second kappa shape index (κ2) is 7.29. The molecule has 0 saturated heterocycles. The number of hydrogen-bond acceptors (Lipinski definition) is 4. The van der Waals surface area contributed by atoms with Crippen LogP contribution in [0.3, 0.4) is 0 Å². The van der Waals surface area contributed by atoms with Gasteiger partial charge in [-0.15, -0.1) is 0 Å². The molecule has 2 unspecified atom stereocenters. The van der Waals surface area contributed by atoms with Gasteiger partial charge in [0.05, 0.1) is 23.9 Å². The van der Waals surface area contributed by atoms with Gasteiger partial charge < -0.3 is 9.47 Å². The van der Waals surface area contributed by atoms with E-state index in [0.29, 0.717) is 10.0 Å². The maximum absolute atomic E-state index is 6.52. The molecule has 0 N–H and O–H groups in total. The lowest BCUT2D eigenvalue weighted by atomic mass is 9.95. The van der Waals surface area contributed by atoms with Crippen molar-refractivity contribution < 1.29 is 9.47 Å². The normalized spacial score (nSPS) is 19.8. The van der Waals surface area contributed by atoms with Gasteiger partial charge in [0, 0.05) is 22.6 Å². The number of rotatable bonds is 3. The van der Waals surface area contributed by atoms with E-state index in [1.807, 2.05) is 53.5 Å². The molecule has 2 heterocycles. The third-order valence-electron chi connectivity index (χ3n) is 5.33. The fourth-order valence-corrected chi connectivity index (χ4v) is 4.41. The summed E-state index contributed by atoms with van der Waals surface area (Å²) in [4.78, 5) is 0. The van der Waals surface area contributed by atoms with Gasteiger partial charge in [-0.1, -0.05) is 59.6 Å². The Morgan fingerprint density at radius 2 is 1.83 bits per heavy atom. The van der Waals surface area contributed by atoms with Crippen molar-refractivity contribution in [2.24, 2.45) is 5.10 Å². The van der Waals surface area contributed by atoms with E-state index in [0.717, 1.165) is 40.3 Å². The van der Waals surface area contributed by atoms with E-state index in [9.17, 15) is 0 Å². The fraction of sp³-hybridized carbons (Fsp3) is 0.174. The fourth-order valence-electron chi connectivity index (χ4n) is 3.90. The summed E-state index contributed by atoms with van der Waals surface area (Å²) in [6.07, 6.45) is 0.335. The lowest BCUT2D eigenvalue weighted by molar-refractivity contribution is -0.0190. The predicted octanol–water partition coefficient (Wildman–Crippen LogP) is 6.24. The third-order valence-corrected chi connectivity index (χ3v) is 5.90. The zero-order valence-electron chi connectivity index (χ0n) is 15.7. The molecule has 0 aliphatic carbocycles. The van der Waals surface area contributed by atoms with Crippen molar-refractivity contribution in [3.05, 3.63) is 93.5 Å². The molecule has 3 aromatic rings. The van der Waals surface area contributed by atoms with Crippen molar-refractivity contribution in [2.45, 2.75) is 18.7 Å². The van der Waals surface area contributed by atoms with Gasteiger partial charge in [0.15, 0.2) is 0 Å². The summed E-state index contributed by atoms with van der Waals surface area (Å²) < 4.78 is 11.8. The summed E-state index contributed by atoms with van der Waals surface area (Å²) >= 11 is 12.6. The highest BCUT2D eigenvalue weighted by atomic mass is 35.5. The molecule has 0 bridgehead atoms. The molecule has 6 heteroatoms. The number of ether oxygens (including phenoxy) is 2. The van der Waals surface area contributed by atoms with Gasteiger partial charge in [0.1, 0.15) is 11.5 Å². The minimum absolute atomic E-state index is 0.0285. The van der Waals surface area contributed by atoms with Crippen LogP contribution in [0.5, 0.6) is 11.5 Å². The van der Waals surface area contributed by atoms with Crippen LogP contribution < -0.4 is 9.47 Å². The quantitative estimate of drug-likeness (QED) is 0.498. The van der Waals surface area contributed by atoms with Crippen molar-refractivity contribution in [2.75, 3.05) is 7.11 Å². The van der Waals surface area contributed by atoms with Crippen molar-refractivity contribution >= 4 is 28.9 Å². The van der Waals surface area contributed by atoms with E-state index in [4.69, 9.17) is 37.8 Å². The highest BCUT2D eigenvalue weighted by molar-refractivity contribution is 6.35. The van der Waals surface area contributed by atoms with E-state index in [-0.39, 0.29) is 6.04 Å². The molecule has 0 aromatic heterocycles. The maximum Gasteiger partial charge on any atom is 0.215 e. The lowest BCUT2D eigenvalue weighted by Gasteiger charge is -2.38. The van der Waals surface area contributed by atoms with Crippen LogP contribution in [0.25, 0.3) is 0 Å². The first-order valence-corrected chi connectivity index (χ1v) is 10.1. The van der Waals surface area contributed by atoms with Crippen molar-refractivity contribution in [1.29, 1.82) is 0 Å². The molecule has 2 atom stereocenters. The van der Waals surface area contributed by atoms with E-state index in [2.05, 4.69) is 12.1 Å². The highest BCUT2D eigenvalue weighted by Crippen LogP contribution is 2.49. The molecule has 0 spiro atoms. The summed E-state index contributed by atoms with van der Waals surface area (Å²) in [6, 6.07) is 21.6. The topological polar surface area (TPSA) is 34.1 Å². The minimum atomic E-state index is -0.438. The summed E-state index contributed by atoms with van der Waals surface area (Å²) in [5.74, 6) is 1.61. The average molecular weight is 425 g/mol. The van der Waals surface area contributed by atoms with Crippen LogP contribution in [0.2, 0.25) is 10.0 Å². The molecule has 3 aromatic carbocycles. The van der Waals surface area contributed by atoms with Crippen molar-refractivity contribution in [3.8, 4) is 11.5 Å². The Hall–Kier alpha value is -2.69. The van der Waals surface area contributed by atoms with Crippen LogP contribution in [-0.4, -0.2) is 17.8 Å². The van der Waals surface area contributed by atoms with Crippen molar-refractivity contribution in [3.63, 3.8) is 0 Å². The van der Waals surface area contributed by atoms with Gasteiger partial charge in [-0.3, -0.25) is 0 Å². The average Bonchev–Trinajstić information content (AvgIpc) is 3.20. The lowest BCUT2D eigenvalue weighted by Crippen LogP contribution is -2.33. The molecule has 0 saturated carbocycles. The van der Waals surface area contributed by atoms with E-state index < -0.39 is 6.23 Å². The standard InChI is InChI=1S/C23H18Cl2N2O2/c1-28-16-8-10-22-18(12-16)21-13-20(14-5-3-2-4-6-14)26-27(21)23(29-22)17-9-7-15(24)11-19(17)25/h2-12,21,23H,13H2,1H3. The third kappa shape index (κ3) is 3.22. The Bertz CT molecular complexity index is 1100. The zero-order valence-corrected chi connectivity index (χ0v) is 17.2. The number of hydrogen-bond donors (Lipinski definition) is 0. The minimum Gasteiger partial charge on any atom is -0.497 e. The monoisotopic (exact) mass is 424 g/mol. The van der Waals surface area contributed by atoms with Gasteiger partial charge in [-0.25, -0.2) is 5.01 Å². The highest BCUT2D eigenvalue weighted by Gasteiger charge is 2.41. The number of methoxy groups -OCH3 is 1. The van der Waals surface area contributed by atoms with E-state index in [1.165, 1.54) is 0 Å². The van der Waals surface area contributed by atoms with Gasteiger partial charge in [-0.2, -0.15) is 5.10 Å². The Balaban J connectivity index is 1.63. The molecule has 0 amide bonds. The predicted molar refractivity (Wildman–Crippen MR) is 115 cm³/mol. The first-order valence-electron chi connectivity index (χ1n) is 9.35. The van der Waals surface area contributed by atoms with Gasteiger partial charge in [0.2, 0.25) is 6.23 Å². The Morgan fingerprint density at radius 3 is 2.59 bits per heavy atom. The Kier molecular flexibility index (Phi) is 4.61. The molecule has 5 rings (SSSR count). The maximum atomic E-state index is 6.52. The molecule has 0 fully saturated rings. The first kappa shape index (κ1) is 18.3. The number of fused-ring (bicyclic) bond motifs is 3. The van der Waals surface area contributed by atoms with Gasteiger partial charge in [0.25, 0.3) is 0 Å². The zero-order chi connectivity index (χ0) is 20.0. The largest absolute Gasteiger partial charge is 0.497 e. The summed E-state index contributed by atoms with van der Waals surface area (Å²) in [7, 11) is 1.67. The number of benzene rings is 3. The first-order chi connectivity index (χ1) is 14.1. The van der Waals surface area contributed by atoms with Crippen LogP contribution >= 0.6 is 23.2 Å². The summed E-state index contributed by atoms with van der Waals surface area (Å²) in [5.41, 5.74) is 4.01. The van der Waals surface area contributed by atoms with Gasteiger partial charge in [-0.05, 0) is 35.9 Å². The second-order valence-corrected chi connectivity index (χ2v) is 7.90.